The summed E-state index contributed by atoms with van der Waals surface area (Å²) in [5.41, 5.74) is -6.47. The molecule has 10 heteroatoms. The van der Waals surface area contributed by atoms with Crippen LogP contribution in [0.4, 0.5) is 0 Å². The summed E-state index contributed by atoms with van der Waals surface area (Å²) in [6, 6.07) is 0. The highest BCUT2D eigenvalue weighted by Crippen LogP contribution is 2.76. The Hall–Kier alpha value is -1.92. The smallest absolute Gasteiger partial charge is 0.331 e. The van der Waals surface area contributed by atoms with Gasteiger partial charge >= 0.3 is 5.97 Å². The maximum absolute atomic E-state index is 14.2. The van der Waals surface area contributed by atoms with Crippen LogP contribution in [-0.4, -0.2) is 99.6 Å². The number of ether oxygens (including phenoxy) is 1. The first kappa shape index (κ1) is 38.0. The van der Waals surface area contributed by atoms with E-state index in [-0.39, 0.29) is 48.3 Å². The lowest BCUT2D eigenvalue weighted by molar-refractivity contribution is -0.377. The third kappa shape index (κ3) is 4.94. The molecule has 1 aliphatic heterocycles. The van der Waals surface area contributed by atoms with Crippen molar-refractivity contribution in [3.05, 3.63) is 35.5 Å². The molecule has 1 heterocycles. The summed E-state index contributed by atoms with van der Waals surface area (Å²) in [5.74, 6) is -3.38. The second-order valence-corrected chi connectivity index (χ2v) is 19.1. The zero-order valence-corrected chi connectivity index (χ0v) is 32.2. The Labute approximate surface area is 314 Å². The number of likely N-dealkylation sites (N-methyl/N-ethyl adjacent to an activating group) is 1. The Bertz CT molecular complexity index is 1560. The third-order valence-electron chi connectivity index (χ3n) is 17.0. The fraction of sp³-hybridized carbons (Fsp3) is 0.814. The highest BCUT2D eigenvalue weighted by Gasteiger charge is 2.85. The lowest BCUT2D eigenvalue weighted by atomic mass is 9.34. The van der Waals surface area contributed by atoms with E-state index >= 15 is 0 Å². The summed E-state index contributed by atoms with van der Waals surface area (Å²) in [7, 11) is 1.89. The third-order valence-corrected chi connectivity index (χ3v) is 17.0. The van der Waals surface area contributed by atoms with E-state index in [1.807, 2.05) is 14.0 Å². The topological polar surface area (TPSA) is 169 Å². The van der Waals surface area contributed by atoms with Gasteiger partial charge in [0.1, 0.15) is 23.6 Å². The van der Waals surface area contributed by atoms with Gasteiger partial charge in [0.25, 0.3) is 0 Å². The predicted molar refractivity (Wildman–Crippen MR) is 199 cm³/mol. The number of esters is 1. The molecule has 0 amide bonds. The SMILES string of the molecule is CCCCCC1CC2(C=O)C3CCC4(C)C5C6=CC(=O)OC6C(CNCCNC)=CC5CC4(O)C3(O)C(O)C3CC4C(C)CC=CC4CC(C1O)C32O. The summed E-state index contributed by atoms with van der Waals surface area (Å²) in [6.07, 6.45) is 12.5. The van der Waals surface area contributed by atoms with Crippen LogP contribution < -0.4 is 10.6 Å². The summed E-state index contributed by atoms with van der Waals surface area (Å²) >= 11 is 0. The van der Waals surface area contributed by atoms with E-state index in [2.05, 4.69) is 42.7 Å². The van der Waals surface area contributed by atoms with Crippen molar-refractivity contribution in [3.8, 4) is 0 Å². The minimum Gasteiger partial charge on any atom is -0.450 e. The Morgan fingerprint density at radius 3 is 2.57 bits per heavy atom. The van der Waals surface area contributed by atoms with E-state index < -0.39 is 69.7 Å². The molecule has 0 aromatic rings. The molecule has 0 saturated heterocycles. The number of nitrogens with one attached hydrogen (secondary N) is 2. The number of aldehydes is 1. The van der Waals surface area contributed by atoms with Gasteiger partial charge in [0.05, 0.1) is 23.2 Å². The number of carbonyl (C=O) groups is 2. The molecule has 294 valence electrons. The number of aliphatic hydroxyl groups is 5. The first-order chi connectivity index (χ1) is 25.3. The van der Waals surface area contributed by atoms with Crippen LogP contribution in [0.5, 0.6) is 0 Å². The van der Waals surface area contributed by atoms with Crippen LogP contribution in [0.2, 0.25) is 0 Å². The Morgan fingerprint density at radius 2 is 1.83 bits per heavy atom. The van der Waals surface area contributed by atoms with Gasteiger partial charge in [-0.15, -0.1) is 0 Å². The number of hydrogen-bond donors (Lipinski definition) is 7. The first-order valence-corrected chi connectivity index (χ1v) is 20.9. The van der Waals surface area contributed by atoms with Gasteiger partial charge in [0.15, 0.2) is 0 Å². The molecule has 5 saturated carbocycles. The standard InChI is InChI=1S/C43H64N2O8/c1-5-6-7-10-26-20-40(23-46)33-12-13-39(3)35-27(16-28(22-45-15-14-44-4)37-30(35)19-34(47)53-37)21-41(39,50)43(33,52)38(49)32-18-29-24(2)9-8-11-25(29)17-31(36(26)48)42(32,40)51/h8,11,16,19,23-27,29,31-33,35-38,44-45,48-52H,5-7,9-10,12-15,17-18,20-22H2,1-4H3. The number of rotatable bonds is 10. The van der Waals surface area contributed by atoms with Gasteiger partial charge in [-0.25, -0.2) is 4.79 Å². The molecule has 7 N–H and O–H groups in total. The van der Waals surface area contributed by atoms with Gasteiger partial charge in [0, 0.05) is 48.9 Å². The quantitative estimate of drug-likeness (QED) is 0.0766. The van der Waals surface area contributed by atoms with Crippen molar-refractivity contribution in [3.63, 3.8) is 0 Å². The van der Waals surface area contributed by atoms with E-state index in [0.717, 1.165) is 56.2 Å². The molecule has 8 aliphatic rings. The molecule has 10 nitrogen and oxygen atoms in total. The van der Waals surface area contributed by atoms with Gasteiger partial charge in [-0.1, -0.05) is 58.3 Å². The molecule has 0 aromatic heterocycles. The molecule has 0 aromatic carbocycles. The molecule has 7 aliphatic carbocycles. The van der Waals surface area contributed by atoms with E-state index in [0.29, 0.717) is 38.6 Å². The number of hydrogen-bond acceptors (Lipinski definition) is 10. The summed E-state index contributed by atoms with van der Waals surface area (Å²) in [6.45, 7) is 8.34. The van der Waals surface area contributed by atoms with Crippen molar-refractivity contribution in [2.75, 3.05) is 26.7 Å². The summed E-state index contributed by atoms with van der Waals surface area (Å²) in [4.78, 5) is 27.1. The molecule has 17 atom stereocenters. The predicted octanol–water partition coefficient (Wildman–Crippen LogP) is 3.21. The normalized spacial score (nSPS) is 52.1. The Balaban J connectivity index is 1.27. The van der Waals surface area contributed by atoms with E-state index in [1.165, 1.54) is 0 Å². The van der Waals surface area contributed by atoms with Crippen LogP contribution in [-0.2, 0) is 14.3 Å². The minimum atomic E-state index is -2.14. The maximum atomic E-state index is 14.2. The number of fused-ring (bicyclic) bond motifs is 9. The molecular weight excluding hydrogens is 672 g/mol. The van der Waals surface area contributed by atoms with Crippen molar-refractivity contribution in [2.45, 2.75) is 127 Å². The Morgan fingerprint density at radius 1 is 1.04 bits per heavy atom. The van der Waals surface area contributed by atoms with Crippen LogP contribution in [0.25, 0.3) is 0 Å². The summed E-state index contributed by atoms with van der Waals surface area (Å²) in [5, 5.41) is 72.8. The van der Waals surface area contributed by atoms with Gasteiger partial charge in [-0.05, 0) is 105 Å². The molecule has 53 heavy (non-hydrogen) atoms. The maximum Gasteiger partial charge on any atom is 0.331 e. The fourth-order valence-electron chi connectivity index (χ4n) is 14.6. The zero-order chi connectivity index (χ0) is 37.7. The Kier molecular flexibility index (Phi) is 9.56. The largest absolute Gasteiger partial charge is 0.450 e. The number of carbonyl (C=O) groups excluding carboxylic acids is 2. The monoisotopic (exact) mass is 736 g/mol. The van der Waals surface area contributed by atoms with Crippen molar-refractivity contribution in [1.82, 2.24) is 10.6 Å². The zero-order valence-electron chi connectivity index (χ0n) is 32.2. The van der Waals surface area contributed by atoms with Crippen molar-refractivity contribution >= 4 is 12.3 Å². The van der Waals surface area contributed by atoms with Crippen molar-refractivity contribution in [2.24, 2.45) is 64.1 Å². The number of unbranched alkanes of at least 4 members (excludes halogenated alkanes) is 2. The molecule has 17 unspecified atom stereocenters. The van der Waals surface area contributed by atoms with E-state index in [4.69, 9.17) is 4.74 Å². The highest BCUT2D eigenvalue weighted by molar-refractivity contribution is 5.87. The van der Waals surface area contributed by atoms with E-state index in [1.54, 1.807) is 6.08 Å². The molecule has 8 rings (SSSR count). The van der Waals surface area contributed by atoms with Gasteiger partial charge < -0.3 is 45.7 Å². The lowest BCUT2D eigenvalue weighted by Gasteiger charge is -2.73. The molecule has 0 spiro atoms. The number of allylic oxidation sites excluding steroid dienone is 3. The average Bonchev–Trinajstić information content (AvgIpc) is 3.57. The fourth-order valence-corrected chi connectivity index (χ4v) is 14.6. The van der Waals surface area contributed by atoms with Crippen LogP contribution in [0.1, 0.15) is 91.4 Å². The van der Waals surface area contributed by atoms with Crippen molar-refractivity contribution in [1.29, 1.82) is 0 Å². The van der Waals surface area contributed by atoms with Gasteiger partial charge in [-0.2, -0.15) is 0 Å². The van der Waals surface area contributed by atoms with Crippen LogP contribution in [0.15, 0.2) is 35.5 Å². The van der Waals surface area contributed by atoms with Gasteiger partial charge in [-0.3, -0.25) is 0 Å². The second kappa shape index (κ2) is 13.3. The molecule has 0 radical (unpaired) electrons. The molecule has 5 fully saturated rings. The highest BCUT2D eigenvalue weighted by atomic mass is 16.5. The molecular formula is C43H64N2O8. The second-order valence-electron chi connectivity index (χ2n) is 19.1. The molecule has 0 bridgehead atoms. The van der Waals surface area contributed by atoms with Gasteiger partial charge in [0.2, 0.25) is 0 Å². The summed E-state index contributed by atoms with van der Waals surface area (Å²) < 4.78 is 5.90. The van der Waals surface area contributed by atoms with Crippen LogP contribution >= 0.6 is 0 Å². The average molecular weight is 737 g/mol. The van der Waals surface area contributed by atoms with Crippen molar-refractivity contribution < 1.29 is 39.9 Å². The van der Waals surface area contributed by atoms with E-state index in [9.17, 15) is 35.1 Å². The van der Waals surface area contributed by atoms with Crippen LogP contribution in [0, 0.1) is 64.1 Å². The van der Waals surface area contributed by atoms with Crippen LogP contribution in [0.3, 0.4) is 0 Å². The number of aliphatic hydroxyl groups excluding tert-OH is 2. The lowest BCUT2D eigenvalue weighted by Crippen LogP contribution is -2.85. The first-order valence-electron chi connectivity index (χ1n) is 20.9. The minimum absolute atomic E-state index is 0.0624.